The maximum absolute atomic E-state index is 5.70. The van der Waals surface area contributed by atoms with E-state index in [0.29, 0.717) is 0 Å². The predicted molar refractivity (Wildman–Crippen MR) is 63.6 cm³/mol. The Labute approximate surface area is 96.7 Å². The molecule has 0 aromatic carbocycles. The summed E-state index contributed by atoms with van der Waals surface area (Å²) >= 11 is 0. The Bertz CT molecular complexity index is 346. The molecule has 1 fully saturated rings. The van der Waals surface area contributed by atoms with Crippen LogP contribution in [0.1, 0.15) is 26.5 Å². The normalized spacial score (nSPS) is 25.8. The first kappa shape index (κ1) is 11.3. The van der Waals surface area contributed by atoms with E-state index in [2.05, 4.69) is 35.6 Å². The number of aryl methyl sites for hydroxylation is 1. The van der Waals surface area contributed by atoms with Crippen LogP contribution in [0.15, 0.2) is 12.4 Å². The molecule has 0 aliphatic carbocycles. The SMILES string of the molecule is CCc1cncc(N2CC(C)OC(C)C2)n1. The van der Waals surface area contributed by atoms with Gasteiger partial charge >= 0.3 is 0 Å². The van der Waals surface area contributed by atoms with Gasteiger partial charge < -0.3 is 9.64 Å². The van der Waals surface area contributed by atoms with E-state index < -0.39 is 0 Å². The van der Waals surface area contributed by atoms with Crippen LogP contribution in [0.5, 0.6) is 0 Å². The third kappa shape index (κ3) is 2.50. The molecule has 88 valence electrons. The summed E-state index contributed by atoms with van der Waals surface area (Å²) in [7, 11) is 0. The zero-order chi connectivity index (χ0) is 11.5. The van der Waals surface area contributed by atoms with Crippen LogP contribution in [0.25, 0.3) is 0 Å². The van der Waals surface area contributed by atoms with Crippen LogP contribution in [-0.2, 0) is 11.2 Å². The summed E-state index contributed by atoms with van der Waals surface area (Å²) in [6, 6.07) is 0. The third-order valence-electron chi connectivity index (χ3n) is 2.78. The molecule has 1 aromatic heterocycles. The molecule has 0 N–H and O–H groups in total. The van der Waals surface area contributed by atoms with Gasteiger partial charge in [0.15, 0.2) is 0 Å². The van der Waals surface area contributed by atoms with Crippen molar-refractivity contribution < 1.29 is 4.74 Å². The monoisotopic (exact) mass is 221 g/mol. The van der Waals surface area contributed by atoms with Gasteiger partial charge in [0.2, 0.25) is 0 Å². The van der Waals surface area contributed by atoms with Gasteiger partial charge in [-0.25, -0.2) is 4.98 Å². The molecule has 2 atom stereocenters. The maximum Gasteiger partial charge on any atom is 0.147 e. The molecule has 0 saturated carbocycles. The van der Waals surface area contributed by atoms with E-state index in [1.54, 1.807) is 0 Å². The second-order valence-electron chi connectivity index (χ2n) is 4.38. The standard InChI is InChI=1S/C12H19N3O/c1-4-11-5-13-6-12(14-11)15-7-9(2)16-10(3)8-15/h5-6,9-10H,4,7-8H2,1-3H3. The molecule has 0 bridgehead atoms. The zero-order valence-corrected chi connectivity index (χ0v) is 10.2. The van der Waals surface area contributed by atoms with Crippen molar-refractivity contribution in [1.82, 2.24) is 9.97 Å². The Morgan fingerprint density at radius 2 is 2.00 bits per heavy atom. The molecule has 16 heavy (non-hydrogen) atoms. The van der Waals surface area contributed by atoms with Crippen LogP contribution in [0, 0.1) is 0 Å². The number of hydrogen-bond donors (Lipinski definition) is 0. The van der Waals surface area contributed by atoms with Crippen LogP contribution in [0.4, 0.5) is 5.82 Å². The lowest BCUT2D eigenvalue weighted by atomic mass is 10.2. The van der Waals surface area contributed by atoms with Gasteiger partial charge in [-0.3, -0.25) is 4.98 Å². The lowest BCUT2D eigenvalue weighted by molar-refractivity contribution is -0.00548. The second kappa shape index (κ2) is 4.78. The number of aromatic nitrogens is 2. The zero-order valence-electron chi connectivity index (χ0n) is 10.2. The highest BCUT2D eigenvalue weighted by molar-refractivity contribution is 5.37. The van der Waals surface area contributed by atoms with E-state index in [-0.39, 0.29) is 12.2 Å². The van der Waals surface area contributed by atoms with Gasteiger partial charge in [0.1, 0.15) is 5.82 Å². The lowest BCUT2D eigenvalue weighted by Gasteiger charge is -2.35. The molecule has 0 amide bonds. The minimum Gasteiger partial charge on any atom is -0.372 e. The van der Waals surface area contributed by atoms with E-state index in [4.69, 9.17) is 4.74 Å². The van der Waals surface area contributed by atoms with Crippen molar-refractivity contribution in [3.05, 3.63) is 18.1 Å². The summed E-state index contributed by atoms with van der Waals surface area (Å²) in [6.45, 7) is 8.08. The first-order chi connectivity index (χ1) is 7.69. The summed E-state index contributed by atoms with van der Waals surface area (Å²) in [5.74, 6) is 0.973. The van der Waals surface area contributed by atoms with Crippen LogP contribution in [0.2, 0.25) is 0 Å². The topological polar surface area (TPSA) is 38.2 Å². The van der Waals surface area contributed by atoms with Gasteiger partial charge in [0, 0.05) is 19.3 Å². The Morgan fingerprint density at radius 1 is 1.31 bits per heavy atom. The average Bonchev–Trinajstić information content (AvgIpc) is 2.28. The lowest BCUT2D eigenvalue weighted by Crippen LogP contribution is -2.45. The number of morpholine rings is 1. The Hall–Kier alpha value is -1.16. The molecular formula is C12H19N3O. The Morgan fingerprint density at radius 3 is 2.62 bits per heavy atom. The Balaban J connectivity index is 2.16. The van der Waals surface area contributed by atoms with E-state index >= 15 is 0 Å². The molecule has 1 aromatic rings. The quantitative estimate of drug-likeness (QED) is 0.761. The molecule has 0 radical (unpaired) electrons. The van der Waals surface area contributed by atoms with Gasteiger partial charge in [-0.2, -0.15) is 0 Å². The van der Waals surface area contributed by atoms with Crippen molar-refractivity contribution >= 4 is 5.82 Å². The van der Waals surface area contributed by atoms with E-state index in [1.807, 2.05) is 12.4 Å². The number of hydrogen-bond acceptors (Lipinski definition) is 4. The molecule has 2 heterocycles. The summed E-state index contributed by atoms with van der Waals surface area (Å²) < 4.78 is 5.70. The first-order valence-electron chi connectivity index (χ1n) is 5.90. The fourth-order valence-corrected chi connectivity index (χ4v) is 2.08. The van der Waals surface area contributed by atoms with Crippen LogP contribution in [0.3, 0.4) is 0 Å². The summed E-state index contributed by atoms with van der Waals surface area (Å²) in [6.07, 6.45) is 5.11. The molecule has 1 aliphatic rings. The molecule has 2 unspecified atom stereocenters. The fraction of sp³-hybridized carbons (Fsp3) is 0.667. The third-order valence-corrected chi connectivity index (χ3v) is 2.78. The molecule has 2 rings (SSSR count). The van der Waals surface area contributed by atoms with Crippen LogP contribution < -0.4 is 4.90 Å². The minimum absolute atomic E-state index is 0.260. The van der Waals surface area contributed by atoms with Gasteiger partial charge in [0.05, 0.1) is 24.1 Å². The van der Waals surface area contributed by atoms with Gasteiger partial charge in [-0.15, -0.1) is 0 Å². The van der Waals surface area contributed by atoms with Crippen molar-refractivity contribution in [2.75, 3.05) is 18.0 Å². The second-order valence-corrected chi connectivity index (χ2v) is 4.38. The van der Waals surface area contributed by atoms with Crippen molar-refractivity contribution in [2.45, 2.75) is 39.4 Å². The van der Waals surface area contributed by atoms with Gasteiger partial charge in [-0.1, -0.05) is 6.92 Å². The molecule has 1 aliphatic heterocycles. The number of anilines is 1. The predicted octanol–water partition coefficient (Wildman–Crippen LogP) is 1.65. The Kier molecular flexibility index (Phi) is 3.39. The van der Waals surface area contributed by atoms with Gasteiger partial charge in [-0.05, 0) is 20.3 Å². The highest BCUT2D eigenvalue weighted by Gasteiger charge is 2.23. The summed E-state index contributed by atoms with van der Waals surface area (Å²) in [5, 5.41) is 0. The number of ether oxygens (including phenoxy) is 1. The van der Waals surface area contributed by atoms with Crippen molar-refractivity contribution in [3.8, 4) is 0 Å². The number of rotatable bonds is 2. The van der Waals surface area contributed by atoms with Crippen molar-refractivity contribution in [1.29, 1.82) is 0 Å². The van der Waals surface area contributed by atoms with Crippen LogP contribution >= 0.6 is 0 Å². The van der Waals surface area contributed by atoms with E-state index in [9.17, 15) is 0 Å². The number of nitrogens with zero attached hydrogens (tertiary/aromatic N) is 3. The average molecular weight is 221 g/mol. The fourth-order valence-electron chi connectivity index (χ4n) is 2.08. The highest BCUT2D eigenvalue weighted by Crippen LogP contribution is 2.17. The molecule has 4 heteroatoms. The van der Waals surface area contributed by atoms with Crippen LogP contribution in [-0.4, -0.2) is 35.3 Å². The van der Waals surface area contributed by atoms with Crippen molar-refractivity contribution in [3.63, 3.8) is 0 Å². The van der Waals surface area contributed by atoms with Crippen molar-refractivity contribution in [2.24, 2.45) is 0 Å². The van der Waals surface area contributed by atoms with Gasteiger partial charge in [0.25, 0.3) is 0 Å². The smallest absolute Gasteiger partial charge is 0.147 e. The first-order valence-corrected chi connectivity index (χ1v) is 5.90. The highest BCUT2D eigenvalue weighted by atomic mass is 16.5. The maximum atomic E-state index is 5.70. The molecule has 1 saturated heterocycles. The summed E-state index contributed by atoms with van der Waals surface area (Å²) in [4.78, 5) is 11.1. The molecule has 4 nitrogen and oxygen atoms in total. The summed E-state index contributed by atoms with van der Waals surface area (Å²) in [5.41, 5.74) is 1.05. The molecular weight excluding hydrogens is 202 g/mol. The minimum atomic E-state index is 0.260. The molecule has 0 spiro atoms. The van der Waals surface area contributed by atoms with E-state index in [1.165, 1.54) is 0 Å². The largest absolute Gasteiger partial charge is 0.372 e. The van der Waals surface area contributed by atoms with E-state index in [0.717, 1.165) is 31.0 Å².